The third kappa shape index (κ3) is 3.21. The van der Waals surface area contributed by atoms with Crippen molar-refractivity contribution >= 4 is 32.6 Å². The summed E-state index contributed by atoms with van der Waals surface area (Å²) in [5.41, 5.74) is 7.18. The summed E-state index contributed by atoms with van der Waals surface area (Å²) in [4.78, 5) is 20.2. The van der Waals surface area contributed by atoms with Crippen molar-refractivity contribution in [1.29, 1.82) is 0 Å². The van der Waals surface area contributed by atoms with Crippen molar-refractivity contribution in [2.24, 2.45) is 0 Å². The summed E-state index contributed by atoms with van der Waals surface area (Å²) in [6.07, 6.45) is 0. The number of anilines is 1. The fourth-order valence-corrected chi connectivity index (χ4v) is 2.52. The maximum Gasteiger partial charge on any atom is 0.253 e. The molecule has 102 valence electrons. The monoisotopic (exact) mass is 278 g/mol. The van der Waals surface area contributed by atoms with Crippen molar-refractivity contribution in [3.63, 3.8) is 0 Å². The maximum atomic E-state index is 12.3. The molecule has 0 fully saturated rings. The number of hydrogen-bond donors (Lipinski definition) is 1. The highest BCUT2D eigenvalue weighted by Gasteiger charge is 2.13. The van der Waals surface area contributed by atoms with Crippen LogP contribution in [0.2, 0.25) is 0 Å². The Bertz CT molecular complexity index is 593. The molecule has 0 spiro atoms. The average Bonchev–Trinajstić information content (AvgIpc) is 2.73. The van der Waals surface area contributed by atoms with Gasteiger partial charge >= 0.3 is 0 Å². The number of likely N-dealkylation sites (N-methyl/N-ethyl adjacent to an activating group) is 2. The van der Waals surface area contributed by atoms with E-state index < -0.39 is 0 Å². The highest BCUT2D eigenvalue weighted by atomic mass is 32.1. The number of amides is 1. The van der Waals surface area contributed by atoms with E-state index in [1.807, 2.05) is 33.3 Å². The van der Waals surface area contributed by atoms with E-state index in [0.717, 1.165) is 16.8 Å². The Hall–Kier alpha value is -1.66. The number of carbonyl (C=O) groups is 1. The summed E-state index contributed by atoms with van der Waals surface area (Å²) in [5, 5.41) is 0.528. The molecule has 0 saturated heterocycles. The van der Waals surface area contributed by atoms with Gasteiger partial charge in [-0.2, -0.15) is 0 Å². The Morgan fingerprint density at radius 1 is 1.32 bits per heavy atom. The topological polar surface area (TPSA) is 62.5 Å². The van der Waals surface area contributed by atoms with E-state index in [2.05, 4.69) is 9.88 Å². The van der Waals surface area contributed by atoms with Gasteiger partial charge in [-0.3, -0.25) is 4.79 Å². The lowest BCUT2D eigenvalue weighted by Crippen LogP contribution is -2.33. The zero-order valence-corrected chi connectivity index (χ0v) is 12.2. The molecule has 2 aromatic rings. The first-order valence-corrected chi connectivity index (χ1v) is 6.85. The molecule has 19 heavy (non-hydrogen) atoms. The second kappa shape index (κ2) is 5.54. The fourth-order valence-electron chi connectivity index (χ4n) is 1.75. The fraction of sp³-hybridized carbons (Fsp3) is 0.385. The Balaban J connectivity index is 2.16. The molecule has 0 saturated carbocycles. The predicted octanol–water partition coefficient (Wildman–Crippen LogP) is 1.51. The molecule has 0 aliphatic heterocycles. The summed E-state index contributed by atoms with van der Waals surface area (Å²) in [6.45, 7) is 1.55. The molecule has 1 heterocycles. The normalized spacial score (nSPS) is 11.2. The van der Waals surface area contributed by atoms with Crippen molar-refractivity contribution in [3.05, 3.63) is 23.8 Å². The minimum atomic E-state index is 0.0238. The van der Waals surface area contributed by atoms with E-state index in [1.165, 1.54) is 11.3 Å². The lowest BCUT2D eigenvalue weighted by atomic mass is 10.2. The molecule has 0 aliphatic carbocycles. The van der Waals surface area contributed by atoms with E-state index >= 15 is 0 Å². The summed E-state index contributed by atoms with van der Waals surface area (Å²) in [7, 11) is 5.80. The van der Waals surface area contributed by atoms with Gasteiger partial charge in [-0.25, -0.2) is 4.98 Å². The van der Waals surface area contributed by atoms with Crippen molar-refractivity contribution in [2.45, 2.75) is 0 Å². The molecule has 0 aliphatic rings. The second-order valence-corrected chi connectivity index (χ2v) is 5.83. The molecular formula is C13H18N4OS. The van der Waals surface area contributed by atoms with Crippen LogP contribution < -0.4 is 5.73 Å². The van der Waals surface area contributed by atoms with Crippen molar-refractivity contribution in [1.82, 2.24) is 14.8 Å². The van der Waals surface area contributed by atoms with E-state index in [0.29, 0.717) is 17.2 Å². The van der Waals surface area contributed by atoms with E-state index in [1.54, 1.807) is 11.0 Å². The van der Waals surface area contributed by atoms with Gasteiger partial charge in [0.05, 0.1) is 10.2 Å². The van der Waals surface area contributed by atoms with Crippen LogP contribution in [0, 0.1) is 0 Å². The number of carbonyl (C=O) groups excluding carboxylic acids is 1. The lowest BCUT2D eigenvalue weighted by Gasteiger charge is -2.19. The van der Waals surface area contributed by atoms with Crippen molar-refractivity contribution in [3.8, 4) is 0 Å². The van der Waals surface area contributed by atoms with Gasteiger partial charge < -0.3 is 15.5 Å². The number of aromatic nitrogens is 1. The average molecular weight is 278 g/mol. The quantitative estimate of drug-likeness (QED) is 0.921. The molecule has 2 N–H and O–H groups in total. The van der Waals surface area contributed by atoms with Gasteiger partial charge in [-0.05, 0) is 32.3 Å². The molecule has 0 unspecified atom stereocenters. The second-order valence-electron chi connectivity index (χ2n) is 4.76. The first-order valence-electron chi connectivity index (χ1n) is 6.03. The van der Waals surface area contributed by atoms with Gasteiger partial charge in [0, 0.05) is 25.7 Å². The SMILES string of the molecule is CN(C)CCN(C)C(=O)c1ccc2nc(N)sc2c1. The zero-order valence-electron chi connectivity index (χ0n) is 11.4. The van der Waals surface area contributed by atoms with Gasteiger partial charge in [0.15, 0.2) is 5.13 Å². The minimum Gasteiger partial charge on any atom is -0.375 e. The Morgan fingerprint density at radius 3 is 2.74 bits per heavy atom. The molecule has 2 rings (SSSR count). The van der Waals surface area contributed by atoms with Crippen LogP contribution in [0.5, 0.6) is 0 Å². The smallest absolute Gasteiger partial charge is 0.253 e. The van der Waals surface area contributed by atoms with E-state index in [-0.39, 0.29) is 5.91 Å². The van der Waals surface area contributed by atoms with Gasteiger partial charge in [-0.15, -0.1) is 0 Å². The summed E-state index contributed by atoms with van der Waals surface area (Å²) >= 11 is 1.40. The summed E-state index contributed by atoms with van der Waals surface area (Å²) < 4.78 is 0.948. The van der Waals surface area contributed by atoms with Gasteiger partial charge in [0.25, 0.3) is 5.91 Å². The molecular weight excluding hydrogens is 260 g/mol. The lowest BCUT2D eigenvalue weighted by molar-refractivity contribution is 0.0786. The molecule has 0 bridgehead atoms. The highest BCUT2D eigenvalue weighted by molar-refractivity contribution is 7.22. The Labute approximate surface area is 116 Å². The van der Waals surface area contributed by atoms with Crippen molar-refractivity contribution in [2.75, 3.05) is 40.0 Å². The number of rotatable bonds is 4. The van der Waals surface area contributed by atoms with Gasteiger partial charge in [-0.1, -0.05) is 11.3 Å². The van der Waals surface area contributed by atoms with Gasteiger partial charge in [0.2, 0.25) is 0 Å². The van der Waals surface area contributed by atoms with Crippen LogP contribution in [0.3, 0.4) is 0 Å². The summed E-state index contributed by atoms with van der Waals surface area (Å²) in [6, 6.07) is 5.50. The summed E-state index contributed by atoms with van der Waals surface area (Å²) in [5.74, 6) is 0.0238. The maximum absolute atomic E-state index is 12.3. The molecule has 6 heteroatoms. The first-order chi connectivity index (χ1) is 8.97. The minimum absolute atomic E-state index is 0.0238. The number of fused-ring (bicyclic) bond motifs is 1. The van der Waals surface area contributed by atoms with E-state index in [4.69, 9.17) is 5.73 Å². The third-order valence-corrected chi connectivity index (χ3v) is 3.73. The highest BCUT2D eigenvalue weighted by Crippen LogP contribution is 2.24. The number of hydrogen-bond acceptors (Lipinski definition) is 5. The number of nitrogen functional groups attached to an aromatic ring is 1. The molecule has 1 aromatic heterocycles. The molecule has 5 nitrogen and oxygen atoms in total. The van der Waals surface area contributed by atoms with Crippen LogP contribution in [0.4, 0.5) is 5.13 Å². The molecule has 0 radical (unpaired) electrons. The Kier molecular flexibility index (Phi) is 4.01. The zero-order chi connectivity index (χ0) is 14.0. The van der Waals surface area contributed by atoms with Crippen LogP contribution in [-0.2, 0) is 0 Å². The number of nitrogens with two attached hydrogens (primary N) is 1. The first kappa shape index (κ1) is 13.8. The number of benzene rings is 1. The van der Waals surface area contributed by atoms with Crippen LogP contribution in [0.25, 0.3) is 10.2 Å². The van der Waals surface area contributed by atoms with Gasteiger partial charge in [0.1, 0.15) is 0 Å². The largest absolute Gasteiger partial charge is 0.375 e. The van der Waals surface area contributed by atoms with Crippen LogP contribution >= 0.6 is 11.3 Å². The Morgan fingerprint density at radius 2 is 2.05 bits per heavy atom. The predicted molar refractivity (Wildman–Crippen MR) is 79.5 cm³/mol. The van der Waals surface area contributed by atoms with Crippen LogP contribution in [-0.4, -0.2) is 54.9 Å². The number of nitrogens with zero attached hydrogens (tertiary/aromatic N) is 3. The third-order valence-electron chi connectivity index (χ3n) is 2.88. The number of thiazole rings is 1. The van der Waals surface area contributed by atoms with Crippen LogP contribution in [0.1, 0.15) is 10.4 Å². The molecule has 1 amide bonds. The molecule has 1 aromatic carbocycles. The van der Waals surface area contributed by atoms with Crippen molar-refractivity contribution < 1.29 is 4.79 Å². The molecule has 0 atom stereocenters. The standard InChI is InChI=1S/C13H18N4OS/c1-16(2)6-7-17(3)12(18)9-4-5-10-11(8-9)19-13(14)15-10/h4-5,8H,6-7H2,1-3H3,(H2,14,15). The van der Waals surface area contributed by atoms with Crippen LogP contribution in [0.15, 0.2) is 18.2 Å². The van der Waals surface area contributed by atoms with E-state index in [9.17, 15) is 4.79 Å².